The van der Waals surface area contributed by atoms with Crippen LogP contribution < -0.4 is 4.74 Å². The zero-order valence-corrected chi connectivity index (χ0v) is 9.25. The maximum absolute atomic E-state index is 12.0. The average Bonchev–Trinajstić information content (AvgIpc) is 2.56. The monoisotopic (exact) mass is 204 g/mol. The van der Waals surface area contributed by atoms with Crippen LogP contribution in [0.25, 0.3) is 0 Å². The van der Waals surface area contributed by atoms with Crippen molar-refractivity contribution in [2.75, 3.05) is 7.11 Å². The Morgan fingerprint density at radius 3 is 2.93 bits per heavy atom. The van der Waals surface area contributed by atoms with E-state index in [1.807, 2.05) is 18.2 Å². The van der Waals surface area contributed by atoms with Gasteiger partial charge in [-0.15, -0.1) is 0 Å². The first kappa shape index (κ1) is 10.2. The van der Waals surface area contributed by atoms with Gasteiger partial charge in [0, 0.05) is 11.5 Å². The van der Waals surface area contributed by atoms with Crippen molar-refractivity contribution in [3.05, 3.63) is 29.3 Å². The molecule has 1 aromatic carbocycles. The highest BCUT2D eigenvalue weighted by Gasteiger charge is 2.29. The molecule has 0 spiro atoms. The van der Waals surface area contributed by atoms with Gasteiger partial charge in [-0.3, -0.25) is 4.79 Å². The number of Topliss-reactive ketones (excluding diaryl/α,β-unsaturated/α-hetero) is 1. The van der Waals surface area contributed by atoms with Gasteiger partial charge in [-0.2, -0.15) is 0 Å². The lowest BCUT2D eigenvalue weighted by atomic mass is 10.00. The van der Waals surface area contributed by atoms with Gasteiger partial charge in [-0.05, 0) is 30.5 Å². The number of carbonyl (C=O) groups excluding carboxylic acids is 1. The Balaban J connectivity index is 2.29. The molecular weight excluding hydrogens is 188 g/mol. The van der Waals surface area contributed by atoms with Crippen LogP contribution in [0, 0.1) is 5.92 Å². The van der Waals surface area contributed by atoms with Crippen LogP contribution in [0.2, 0.25) is 0 Å². The molecule has 0 aromatic heterocycles. The number of hydrogen-bond donors (Lipinski definition) is 0. The molecule has 0 unspecified atom stereocenters. The first-order valence-corrected chi connectivity index (χ1v) is 5.47. The fourth-order valence-corrected chi connectivity index (χ4v) is 2.25. The largest absolute Gasteiger partial charge is 0.497 e. The number of ketones is 1. The van der Waals surface area contributed by atoms with E-state index in [4.69, 9.17) is 4.74 Å². The third-order valence-electron chi connectivity index (χ3n) is 3.06. The Hall–Kier alpha value is -1.31. The van der Waals surface area contributed by atoms with Crippen LogP contribution in [0.4, 0.5) is 0 Å². The van der Waals surface area contributed by atoms with Gasteiger partial charge in [0.2, 0.25) is 0 Å². The molecule has 0 heterocycles. The Kier molecular flexibility index (Phi) is 2.76. The molecule has 0 radical (unpaired) electrons. The molecule has 1 atom stereocenters. The molecule has 1 aliphatic rings. The molecule has 0 saturated heterocycles. The number of rotatable bonds is 3. The van der Waals surface area contributed by atoms with E-state index in [0.29, 0.717) is 5.78 Å². The van der Waals surface area contributed by atoms with Crippen LogP contribution in [0.15, 0.2) is 18.2 Å². The van der Waals surface area contributed by atoms with Crippen molar-refractivity contribution in [2.24, 2.45) is 5.92 Å². The fourth-order valence-electron chi connectivity index (χ4n) is 2.25. The molecule has 2 heteroatoms. The quantitative estimate of drug-likeness (QED) is 0.756. The van der Waals surface area contributed by atoms with Gasteiger partial charge in [0.1, 0.15) is 5.75 Å². The van der Waals surface area contributed by atoms with Crippen molar-refractivity contribution >= 4 is 5.78 Å². The zero-order chi connectivity index (χ0) is 10.8. The molecule has 0 bridgehead atoms. The van der Waals surface area contributed by atoms with E-state index in [1.165, 1.54) is 5.56 Å². The average molecular weight is 204 g/mol. The number of benzene rings is 1. The molecule has 2 rings (SSSR count). The SMILES string of the molecule is CCC[C@@H]1Cc2ccc(OC)cc2C1=O. The third kappa shape index (κ3) is 1.76. The minimum Gasteiger partial charge on any atom is -0.497 e. The van der Waals surface area contributed by atoms with Crippen molar-refractivity contribution in [1.82, 2.24) is 0 Å². The van der Waals surface area contributed by atoms with Crippen LogP contribution in [-0.2, 0) is 6.42 Å². The van der Waals surface area contributed by atoms with Gasteiger partial charge in [0.05, 0.1) is 7.11 Å². The van der Waals surface area contributed by atoms with Gasteiger partial charge < -0.3 is 4.74 Å². The molecule has 1 aromatic rings. The van der Waals surface area contributed by atoms with Crippen molar-refractivity contribution in [2.45, 2.75) is 26.2 Å². The second kappa shape index (κ2) is 4.05. The summed E-state index contributed by atoms with van der Waals surface area (Å²) in [6.07, 6.45) is 2.98. The first-order chi connectivity index (χ1) is 7.26. The molecule has 0 amide bonds. The normalized spacial score (nSPS) is 19.1. The summed E-state index contributed by atoms with van der Waals surface area (Å²) in [5, 5.41) is 0. The molecule has 0 N–H and O–H groups in total. The van der Waals surface area contributed by atoms with Crippen molar-refractivity contribution < 1.29 is 9.53 Å². The Labute approximate surface area is 90.3 Å². The number of hydrogen-bond acceptors (Lipinski definition) is 2. The van der Waals surface area contributed by atoms with Crippen molar-refractivity contribution in [3.8, 4) is 5.75 Å². The molecule has 1 aliphatic carbocycles. The summed E-state index contributed by atoms with van der Waals surface area (Å²) in [5.74, 6) is 1.28. The third-order valence-corrected chi connectivity index (χ3v) is 3.06. The predicted molar refractivity (Wildman–Crippen MR) is 59.4 cm³/mol. The lowest BCUT2D eigenvalue weighted by Gasteiger charge is -2.03. The number of fused-ring (bicyclic) bond motifs is 1. The zero-order valence-electron chi connectivity index (χ0n) is 9.25. The Bertz CT molecular complexity index is 382. The van der Waals surface area contributed by atoms with Crippen molar-refractivity contribution in [3.63, 3.8) is 0 Å². The van der Waals surface area contributed by atoms with Crippen LogP contribution in [0.5, 0.6) is 5.75 Å². The smallest absolute Gasteiger partial charge is 0.166 e. The molecule has 0 aliphatic heterocycles. The van der Waals surface area contributed by atoms with E-state index in [1.54, 1.807) is 7.11 Å². The molecular formula is C13H16O2. The van der Waals surface area contributed by atoms with Crippen LogP contribution in [-0.4, -0.2) is 12.9 Å². The Morgan fingerprint density at radius 1 is 1.47 bits per heavy atom. The van der Waals surface area contributed by atoms with Crippen LogP contribution in [0.1, 0.15) is 35.7 Å². The summed E-state index contributed by atoms with van der Waals surface area (Å²) in [5.41, 5.74) is 2.05. The minimum absolute atomic E-state index is 0.206. The first-order valence-electron chi connectivity index (χ1n) is 5.47. The standard InChI is InChI=1S/C13H16O2/c1-3-4-10-7-9-5-6-11(15-2)8-12(9)13(10)14/h5-6,8,10H,3-4,7H2,1-2H3/t10-/m1/s1. The van der Waals surface area contributed by atoms with E-state index < -0.39 is 0 Å². The highest BCUT2D eigenvalue weighted by molar-refractivity contribution is 6.02. The van der Waals surface area contributed by atoms with Crippen LogP contribution in [0.3, 0.4) is 0 Å². The van der Waals surface area contributed by atoms with E-state index in [9.17, 15) is 4.79 Å². The van der Waals surface area contributed by atoms with E-state index in [0.717, 1.165) is 30.6 Å². The predicted octanol–water partition coefficient (Wildman–Crippen LogP) is 2.85. The topological polar surface area (TPSA) is 26.3 Å². The van der Waals surface area contributed by atoms with Crippen molar-refractivity contribution in [1.29, 1.82) is 0 Å². The number of carbonyl (C=O) groups is 1. The van der Waals surface area contributed by atoms with Gasteiger partial charge in [-0.25, -0.2) is 0 Å². The molecule has 2 nitrogen and oxygen atoms in total. The molecule has 80 valence electrons. The molecule has 0 fully saturated rings. The second-order valence-corrected chi connectivity index (χ2v) is 4.08. The maximum Gasteiger partial charge on any atom is 0.166 e. The summed E-state index contributed by atoms with van der Waals surface area (Å²) in [7, 11) is 1.63. The highest BCUT2D eigenvalue weighted by atomic mass is 16.5. The number of ether oxygens (including phenoxy) is 1. The van der Waals surface area contributed by atoms with E-state index in [-0.39, 0.29) is 5.92 Å². The van der Waals surface area contributed by atoms with Gasteiger partial charge in [0.15, 0.2) is 5.78 Å². The minimum atomic E-state index is 0.206. The summed E-state index contributed by atoms with van der Waals surface area (Å²) < 4.78 is 5.13. The fraction of sp³-hybridized carbons (Fsp3) is 0.462. The van der Waals surface area contributed by atoms with E-state index in [2.05, 4.69) is 6.92 Å². The van der Waals surface area contributed by atoms with Gasteiger partial charge >= 0.3 is 0 Å². The highest BCUT2D eigenvalue weighted by Crippen LogP contribution is 2.31. The summed E-state index contributed by atoms with van der Waals surface area (Å²) in [6, 6.07) is 5.81. The summed E-state index contributed by atoms with van der Waals surface area (Å²) in [4.78, 5) is 12.0. The summed E-state index contributed by atoms with van der Waals surface area (Å²) in [6.45, 7) is 2.12. The van der Waals surface area contributed by atoms with Crippen LogP contribution >= 0.6 is 0 Å². The maximum atomic E-state index is 12.0. The molecule has 0 saturated carbocycles. The second-order valence-electron chi connectivity index (χ2n) is 4.08. The summed E-state index contributed by atoms with van der Waals surface area (Å²) >= 11 is 0. The van der Waals surface area contributed by atoms with Gasteiger partial charge in [0.25, 0.3) is 0 Å². The lowest BCUT2D eigenvalue weighted by Crippen LogP contribution is -2.08. The lowest BCUT2D eigenvalue weighted by molar-refractivity contribution is 0.0930. The molecule has 15 heavy (non-hydrogen) atoms. The van der Waals surface area contributed by atoms with E-state index >= 15 is 0 Å². The van der Waals surface area contributed by atoms with Gasteiger partial charge in [-0.1, -0.05) is 19.4 Å². The Morgan fingerprint density at radius 2 is 2.27 bits per heavy atom. The number of methoxy groups -OCH3 is 1.